The van der Waals surface area contributed by atoms with Gasteiger partial charge in [0.1, 0.15) is 17.0 Å². The summed E-state index contributed by atoms with van der Waals surface area (Å²) in [6.07, 6.45) is 2.59. The molecule has 0 aliphatic carbocycles. The molecular weight excluding hydrogens is 340 g/mol. The van der Waals surface area contributed by atoms with E-state index < -0.39 is 5.91 Å². The van der Waals surface area contributed by atoms with Crippen molar-refractivity contribution in [2.45, 2.75) is 33.7 Å². The highest BCUT2D eigenvalue weighted by Crippen LogP contribution is 2.32. The molecule has 25 heavy (non-hydrogen) atoms. The monoisotopic (exact) mass is 362 g/mol. The standard InChI is InChI=1S/C19H23ClN2O3/c1-12(2)8-10-22-11-9-13(3)16(19(22)24)18(23)21-17-14(20)6-5-7-15(17)25-4/h5-7,9,11-12H,8,10H2,1-4H3,(H,21,23). The van der Waals surface area contributed by atoms with Crippen molar-refractivity contribution in [1.82, 2.24) is 4.57 Å². The smallest absolute Gasteiger partial charge is 0.263 e. The summed E-state index contributed by atoms with van der Waals surface area (Å²) in [5.41, 5.74) is 0.791. The fourth-order valence-corrected chi connectivity index (χ4v) is 2.70. The topological polar surface area (TPSA) is 60.3 Å². The lowest BCUT2D eigenvalue weighted by atomic mass is 10.1. The molecular formula is C19H23ClN2O3. The van der Waals surface area contributed by atoms with Crippen molar-refractivity contribution < 1.29 is 9.53 Å². The number of benzene rings is 1. The van der Waals surface area contributed by atoms with Gasteiger partial charge in [0, 0.05) is 12.7 Å². The molecule has 0 saturated carbocycles. The van der Waals surface area contributed by atoms with E-state index in [1.807, 2.05) is 0 Å². The molecule has 1 heterocycles. The minimum Gasteiger partial charge on any atom is -0.495 e. The van der Waals surface area contributed by atoms with Gasteiger partial charge < -0.3 is 14.6 Å². The Morgan fingerprint density at radius 3 is 2.68 bits per heavy atom. The lowest BCUT2D eigenvalue weighted by Crippen LogP contribution is -2.30. The van der Waals surface area contributed by atoms with E-state index in [0.717, 1.165) is 6.42 Å². The number of carbonyl (C=O) groups is 1. The first kappa shape index (κ1) is 19.1. The molecule has 1 amide bonds. The zero-order chi connectivity index (χ0) is 18.6. The number of aromatic nitrogens is 1. The molecule has 2 aromatic rings. The van der Waals surface area contributed by atoms with E-state index in [2.05, 4.69) is 19.2 Å². The predicted octanol–water partition coefficient (Wildman–Crippen LogP) is 4.12. The third-order valence-corrected chi connectivity index (χ3v) is 4.30. The van der Waals surface area contributed by atoms with Crippen molar-refractivity contribution in [3.05, 3.63) is 57.0 Å². The maximum absolute atomic E-state index is 12.7. The number of nitrogens with zero attached hydrogens (tertiary/aromatic N) is 1. The Labute approximate surface area is 152 Å². The number of methoxy groups -OCH3 is 1. The maximum atomic E-state index is 12.7. The number of amides is 1. The van der Waals surface area contributed by atoms with Crippen LogP contribution in [0.5, 0.6) is 5.75 Å². The van der Waals surface area contributed by atoms with E-state index in [1.54, 1.807) is 42.0 Å². The fraction of sp³-hybridized carbons (Fsp3) is 0.368. The van der Waals surface area contributed by atoms with Gasteiger partial charge in [0.2, 0.25) is 0 Å². The van der Waals surface area contributed by atoms with Crippen LogP contribution in [0.3, 0.4) is 0 Å². The molecule has 0 unspecified atom stereocenters. The number of carbonyl (C=O) groups excluding carboxylic acids is 1. The molecule has 134 valence electrons. The summed E-state index contributed by atoms with van der Waals surface area (Å²) in [6.45, 7) is 6.51. The number of para-hydroxylation sites is 1. The molecule has 0 radical (unpaired) electrons. The fourth-order valence-electron chi connectivity index (χ4n) is 2.49. The molecule has 0 aliphatic rings. The van der Waals surface area contributed by atoms with Crippen LogP contribution in [0.1, 0.15) is 36.2 Å². The number of aryl methyl sites for hydroxylation is 2. The van der Waals surface area contributed by atoms with Crippen molar-refractivity contribution in [2.75, 3.05) is 12.4 Å². The molecule has 0 bridgehead atoms. The molecule has 6 heteroatoms. The number of rotatable bonds is 6. The zero-order valence-corrected chi connectivity index (χ0v) is 15.7. The highest BCUT2D eigenvalue weighted by Gasteiger charge is 2.19. The number of nitrogens with one attached hydrogen (secondary N) is 1. The maximum Gasteiger partial charge on any atom is 0.263 e. The van der Waals surface area contributed by atoms with Gasteiger partial charge in [-0.2, -0.15) is 0 Å². The summed E-state index contributed by atoms with van der Waals surface area (Å²) in [5, 5.41) is 3.06. The van der Waals surface area contributed by atoms with Crippen LogP contribution in [0.25, 0.3) is 0 Å². The number of hydrogen-bond acceptors (Lipinski definition) is 3. The minimum absolute atomic E-state index is 0.119. The third kappa shape index (κ3) is 4.42. The van der Waals surface area contributed by atoms with E-state index in [0.29, 0.717) is 34.5 Å². The number of halogens is 1. The van der Waals surface area contributed by atoms with Gasteiger partial charge in [0.25, 0.3) is 11.5 Å². The number of ether oxygens (including phenoxy) is 1. The Balaban J connectivity index is 2.37. The van der Waals surface area contributed by atoms with E-state index in [1.165, 1.54) is 7.11 Å². The lowest BCUT2D eigenvalue weighted by molar-refractivity contribution is 0.102. The predicted molar refractivity (Wildman–Crippen MR) is 101 cm³/mol. The molecule has 0 aliphatic heterocycles. The van der Waals surface area contributed by atoms with Crippen LogP contribution in [-0.4, -0.2) is 17.6 Å². The first-order valence-electron chi connectivity index (χ1n) is 8.19. The van der Waals surface area contributed by atoms with Gasteiger partial charge in [-0.15, -0.1) is 0 Å². The number of anilines is 1. The Morgan fingerprint density at radius 1 is 1.32 bits per heavy atom. The van der Waals surface area contributed by atoms with Crippen molar-refractivity contribution in [2.24, 2.45) is 5.92 Å². The van der Waals surface area contributed by atoms with Crippen LogP contribution in [0.4, 0.5) is 5.69 Å². The molecule has 0 fully saturated rings. The van der Waals surface area contributed by atoms with Gasteiger partial charge in [-0.3, -0.25) is 9.59 Å². The lowest BCUT2D eigenvalue weighted by Gasteiger charge is -2.14. The van der Waals surface area contributed by atoms with Gasteiger partial charge in [-0.05, 0) is 43.0 Å². The zero-order valence-electron chi connectivity index (χ0n) is 14.9. The van der Waals surface area contributed by atoms with E-state index >= 15 is 0 Å². The third-order valence-electron chi connectivity index (χ3n) is 3.98. The second-order valence-corrected chi connectivity index (χ2v) is 6.73. The summed E-state index contributed by atoms with van der Waals surface area (Å²) in [4.78, 5) is 25.4. The van der Waals surface area contributed by atoms with Crippen LogP contribution >= 0.6 is 11.6 Å². The Bertz CT molecular complexity index is 828. The second kappa shape index (κ2) is 8.21. The van der Waals surface area contributed by atoms with Gasteiger partial charge in [0.15, 0.2) is 0 Å². The van der Waals surface area contributed by atoms with Gasteiger partial charge in [0.05, 0.1) is 12.1 Å². The summed E-state index contributed by atoms with van der Waals surface area (Å²) >= 11 is 6.16. The van der Waals surface area contributed by atoms with Crippen LogP contribution in [0.15, 0.2) is 35.3 Å². The van der Waals surface area contributed by atoms with Crippen LogP contribution in [-0.2, 0) is 6.54 Å². The average Bonchev–Trinajstić information content (AvgIpc) is 2.56. The van der Waals surface area contributed by atoms with Crippen LogP contribution < -0.4 is 15.6 Å². The first-order chi connectivity index (χ1) is 11.8. The van der Waals surface area contributed by atoms with Crippen LogP contribution in [0.2, 0.25) is 5.02 Å². The highest BCUT2D eigenvalue weighted by atomic mass is 35.5. The normalized spacial score (nSPS) is 10.8. The molecule has 5 nitrogen and oxygen atoms in total. The van der Waals surface area contributed by atoms with Crippen molar-refractivity contribution in [3.8, 4) is 5.75 Å². The highest BCUT2D eigenvalue weighted by molar-refractivity contribution is 6.34. The summed E-state index contributed by atoms with van der Waals surface area (Å²) in [5.74, 6) is 0.417. The largest absolute Gasteiger partial charge is 0.495 e. The summed E-state index contributed by atoms with van der Waals surface area (Å²) in [6, 6.07) is 6.85. The van der Waals surface area contributed by atoms with Gasteiger partial charge in [-0.1, -0.05) is 31.5 Å². The van der Waals surface area contributed by atoms with Gasteiger partial charge >= 0.3 is 0 Å². The minimum atomic E-state index is -0.493. The second-order valence-electron chi connectivity index (χ2n) is 6.33. The summed E-state index contributed by atoms with van der Waals surface area (Å²) in [7, 11) is 1.49. The SMILES string of the molecule is COc1cccc(Cl)c1NC(=O)c1c(C)ccn(CCC(C)C)c1=O. The molecule has 0 atom stereocenters. The number of hydrogen-bond donors (Lipinski definition) is 1. The quantitative estimate of drug-likeness (QED) is 0.840. The Hall–Kier alpha value is -2.27. The molecule has 2 rings (SSSR count). The van der Waals surface area contributed by atoms with E-state index in [9.17, 15) is 9.59 Å². The molecule has 1 aromatic heterocycles. The average molecular weight is 363 g/mol. The molecule has 1 aromatic carbocycles. The molecule has 0 saturated heterocycles. The van der Waals surface area contributed by atoms with E-state index in [-0.39, 0.29) is 11.1 Å². The van der Waals surface area contributed by atoms with Gasteiger partial charge in [-0.25, -0.2) is 0 Å². The Morgan fingerprint density at radius 2 is 2.04 bits per heavy atom. The van der Waals surface area contributed by atoms with E-state index in [4.69, 9.17) is 16.3 Å². The Kier molecular flexibility index (Phi) is 6.26. The number of pyridine rings is 1. The summed E-state index contributed by atoms with van der Waals surface area (Å²) < 4.78 is 6.80. The van der Waals surface area contributed by atoms with Crippen molar-refractivity contribution >= 4 is 23.2 Å². The van der Waals surface area contributed by atoms with Crippen LogP contribution in [0, 0.1) is 12.8 Å². The van der Waals surface area contributed by atoms with Crippen molar-refractivity contribution in [1.29, 1.82) is 0 Å². The molecule has 0 spiro atoms. The first-order valence-corrected chi connectivity index (χ1v) is 8.56. The molecule has 1 N–H and O–H groups in total. The van der Waals surface area contributed by atoms with Crippen molar-refractivity contribution in [3.63, 3.8) is 0 Å².